The van der Waals surface area contributed by atoms with Gasteiger partial charge in [-0.1, -0.05) is 66.2 Å². The van der Waals surface area contributed by atoms with Crippen LogP contribution in [0.1, 0.15) is 5.82 Å². The topological polar surface area (TPSA) is 82.0 Å². The van der Waals surface area contributed by atoms with Gasteiger partial charge < -0.3 is 5.73 Å². The maximum atomic E-state index is 6.70. The van der Waals surface area contributed by atoms with Crippen molar-refractivity contribution in [2.75, 3.05) is 5.73 Å². The number of nitrogens with zero attached hydrogens (tertiary/aromatic N) is 5. The van der Waals surface area contributed by atoms with Crippen LogP contribution in [-0.4, -0.2) is 24.6 Å². The van der Waals surface area contributed by atoms with Gasteiger partial charge in [-0.3, -0.25) is 0 Å². The summed E-state index contributed by atoms with van der Waals surface area (Å²) in [6.45, 7) is 0. The standard InChI is InChI=1S/C24H15ClN6/c25-18-11-16-9-10-19(14-5-2-1-3-6-14)29-20(16)12-17(18)21-22-23(26)27-13-28-31(22)24(30-21)15-7-4-8-15/h1-13H,(H2,26,27,28). The Balaban J connectivity index is 1.59. The van der Waals surface area contributed by atoms with Crippen LogP contribution < -0.4 is 5.73 Å². The molecule has 148 valence electrons. The second kappa shape index (κ2) is 6.75. The van der Waals surface area contributed by atoms with E-state index in [1.807, 2.05) is 72.8 Å². The molecule has 3 heterocycles. The van der Waals surface area contributed by atoms with Crippen LogP contribution in [0.4, 0.5) is 5.82 Å². The SMILES string of the molecule is Nc1ncnn2c(C3=CC=C3)nc(-c3cc4nc(-c5ccccc5)ccc4cc3Cl)c12. The van der Waals surface area contributed by atoms with Gasteiger partial charge in [0.05, 0.1) is 16.2 Å². The molecule has 2 N–H and O–H groups in total. The molecular formula is C24H15ClN6. The van der Waals surface area contributed by atoms with Crippen molar-refractivity contribution < 1.29 is 0 Å². The molecule has 1 aliphatic carbocycles. The molecule has 0 atom stereocenters. The van der Waals surface area contributed by atoms with Crippen molar-refractivity contribution in [3.8, 4) is 22.5 Å². The van der Waals surface area contributed by atoms with Gasteiger partial charge >= 0.3 is 0 Å². The minimum absolute atomic E-state index is 0.342. The van der Waals surface area contributed by atoms with Gasteiger partial charge in [-0.2, -0.15) is 5.10 Å². The monoisotopic (exact) mass is 422 g/mol. The fourth-order valence-electron chi connectivity index (χ4n) is 3.77. The first-order valence-corrected chi connectivity index (χ1v) is 10.1. The number of allylic oxidation sites excluding steroid dienone is 4. The van der Waals surface area contributed by atoms with Crippen LogP contribution in [0.25, 0.3) is 44.5 Å². The molecule has 0 fully saturated rings. The lowest BCUT2D eigenvalue weighted by Gasteiger charge is -2.08. The molecule has 0 spiro atoms. The highest BCUT2D eigenvalue weighted by atomic mass is 35.5. The molecule has 5 aromatic rings. The molecule has 0 saturated carbocycles. The van der Waals surface area contributed by atoms with Crippen molar-refractivity contribution in [1.82, 2.24) is 24.6 Å². The van der Waals surface area contributed by atoms with E-state index in [4.69, 9.17) is 27.3 Å². The quantitative estimate of drug-likeness (QED) is 0.432. The Morgan fingerprint density at radius 1 is 0.968 bits per heavy atom. The highest BCUT2D eigenvalue weighted by molar-refractivity contribution is 6.34. The Labute approximate surface area is 182 Å². The molecule has 7 heteroatoms. The van der Waals surface area contributed by atoms with Crippen molar-refractivity contribution >= 4 is 39.4 Å². The van der Waals surface area contributed by atoms with Crippen LogP contribution in [0.2, 0.25) is 5.02 Å². The Bertz CT molecular complexity index is 1550. The van der Waals surface area contributed by atoms with Crippen molar-refractivity contribution in [3.05, 3.63) is 90.0 Å². The summed E-state index contributed by atoms with van der Waals surface area (Å²) in [5.74, 6) is 1.04. The number of rotatable bonds is 3. The lowest BCUT2D eigenvalue weighted by molar-refractivity contribution is 0.880. The van der Waals surface area contributed by atoms with Crippen LogP contribution in [0.5, 0.6) is 0 Å². The second-order valence-corrected chi connectivity index (χ2v) is 7.67. The van der Waals surface area contributed by atoms with Gasteiger partial charge in [-0.05, 0) is 18.2 Å². The number of hydrogen-bond acceptors (Lipinski definition) is 5. The average molecular weight is 423 g/mol. The fourth-order valence-corrected chi connectivity index (χ4v) is 4.03. The molecule has 31 heavy (non-hydrogen) atoms. The van der Waals surface area contributed by atoms with Gasteiger partial charge in [0.1, 0.15) is 17.5 Å². The summed E-state index contributed by atoms with van der Waals surface area (Å²) >= 11 is 6.70. The summed E-state index contributed by atoms with van der Waals surface area (Å²) in [7, 11) is 0. The van der Waals surface area contributed by atoms with E-state index in [-0.39, 0.29) is 0 Å². The fraction of sp³-hybridized carbons (Fsp3) is 0. The summed E-state index contributed by atoms with van der Waals surface area (Å²) in [5.41, 5.74) is 12.0. The molecule has 0 aliphatic heterocycles. The minimum Gasteiger partial charge on any atom is -0.382 e. The zero-order valence-corrected chi connectivity index (χ0v) is 17.0. The van der Waals surface area contributed by atoms with Crippen LogP contribution in [0.3, 0.4) is 0 Å². The van der Waals surface area contributed by atoms with Crippen molar-refractivity contribution in [3.63, 3.8) is 0 Å². The Kier molecular flexibility index (Phi) is 3.88. The molecule has 3 aromatic heterocycles. The lowest BCUT2D eigenvalue weighted by atomic mass is 10.1. The predicted octanol–water partition coefficient (Wildman–Crippen LogP) is 5.20. The third kappa shape index (κ3) is 2.80. The zero-order chi connectivity index (χ0) is 20.9. The highest BCUT2D eigenvalue weighted by Crippen LogP contribution is 2.37. The Hall–Kier alpha value is -4.03. The first kappa shape index (κ1) is 17.8. The maximum Gasteiger partial charge on any atom is 0.162 e. The molecule has 1 aliphatic rings. The Morgan fingerprint density at radius 3 is 2.58 bits per heavy atom. The van der Waals surface area contributed by atoms with Crippen LogP contribution in [-0.2, 0) is 0 Å². The smallest absolute Gasteiger partial charge is 0.162 e. The average Bonchev–Trinajstić information content (AvgIpc) is 3.12. The van der Waals surface area contributed by atoms with Crippen LogP contribution >= 0.6 is 11.6 Å². The summed E-state index contributed by atoms with van der Waals surface area (Å²) in [4.78, 5) is 13.9. The predicted molar refractivity (Wildman–Crippen MR) is 123 cm³/mol. The highest BCUT2D eigenvalue weighted by Gasteiger charge is 2.22. The van der Waals surface area contributed by atoms with E-state index in [2.05, 4.69) is 10.1 Å². The molecule has 0 saturated heterocycles. The molecule has 2 aromatic carbocycles. The van der Waals surface area contributed by atoms with Gasteiger partial charge in [0.25, 0.3) is 0 Å². The normalized spacial score (nSPS) is 12.9. The number of anilines is 1. The minimum atomic E-state index is 0.342. The summed E-state index contributed by atoms with van der Waals surface area (Å²) in [6, 6.07) is 17.9. The van der Waals surface area contributed by atoms with E-state index in [1.54, 1.807) is 4.52 Å². The third-order valence-corrected chi connectivity index (χ3v) is 5.69. The number of fused-ring (bicyclic) bond motifs is 2. The van der Waals surface area contributed by atoms with Crippen LogP contribution in [0, 0.1) is 0 Å². The summed E-state index contributed by atoms with van der Waals surface area (Å²) in [5, 5.41) is 5.88. The molecule has 6 nitrogen and oxygen atoms in total. The number of benzene rings is 2. The summed E-state index contributed by atoms with van der Waals surface area (Å²) < 4.78 is 1.71. The Morgan fingerprint density at radius 2 is 1.81 bits per heavy atom. The largest absolute Gasteiger partial charge is 0.382 e. The van der Waals surface area contributed by atoms with Crippen molar-refractivity contribution in [1.29, 1.82) is 0 Å². The molecule has 0 unspecified atom stereocenters. The van der Waals surface area contributed by atoms with Gasteiger partial charge in [0.2, 0.25) is 0 Å². The number of pyridine rings is 1. The van der Waals surface area contributed by atoms with Gasteiger partial charge in [-0.25, -0.2) is 19.5 Å². The van der Waals surface area contributed by atoms with Crippen molar-refractivity contribution in [2.45, 2.75) is 0 Å². The number of halogens is 1. The number of hydrogen-bond donors (Lipinski definition) is 1. The number of aromatic nitrogens is 5. The van der Waals surface area contributed by atoms with Gasteiger partial charge in [0.15, 0.2) is 11.6 Å². The molecule has 0 amide bonds. The third-order valence-electron chi connectivity index (χ3n) is 5.37. The van der Waals surface area contributed by atoms with Gasteiger partial charge in [-0.15, -0.1) is 0 Å². The van der Waals surface area contributed by atoms with E-state index in [9.17, 15) is 0 Å². The number of nitrogens with two attached hydrogens (primary N) is 1. The summed E-state index contributed by atoms with van der Waals surface area (Å²) in [6.07, 6.45) is 7.34. The first-order chi connectivity index (χ1) is 15.2. The molecule has 0 radical (unpaired) electrons. The second-order valence-electron chi connectivity index (χ2n) is 7.26. The van der Waals surface area contributed by atoms with E-state index in [0.717, 1.165) is 33.3 Å². The van der Waals surface area contributed by atoms with Gasteiger partial charge in [0, 0.05) is 22.1 Å². The molecular weight excluding hydrogens is 408 g/mol. The zero-order valence-electron chi connectivity index (χ0n) is 16.2. The van der Waals surface area contributed by atoms with E-state index >= 15 is 0 Å². The molecule has 6 rings (SSSR count). The number of nitrogen functional groups attached to an aromatic ring is 1. The first-order valence-electron chi connectivity index (χ1n) is 9.73. The molecule has 0 bridgehead atoms. The van der Waals surface area contributed by atoms with Crippen LogP contribution in [0.15, 0.2) is 79.2 Å². The lowest BCUT2D eigenvalue weighted by Crippen LogP contribution is -2.02. The van der Waals surface area contributed by atoms with E-state index < -0.39 is 0 Å². The maximum absolute atomic E-state index is 6.70. The number of imidazole rings is 1. The van der Waals surface area contributed by atoms with E-state index in [1.165, 1.54) is 6.33 Å². The van der Waals surface area contributed by atoms with E-state index in [0.29, 0.717) is 27.9 Å². The van der Waals surface area contributed by atoms with Crippen molar-refractivity contribution in [2.24, 2.45) is 0 Å².